The van der Waals surface area contributed by atoms with E-state index in [0.717, 1.165) is 16.9 Å². The standard InChI is InChI=1S/C17H19FN2O/c18-15-6-3-5-13(8-9-19)17(15)20-10-11-21-16-7-2-1-4-14(16)12-20/h1-7H,8-12,19H2. The van der Waals surface area contributed by atoms with Crippen LogP contribution < -0.4 is 15.4 Å². The molecule has 2 N–H and O–H groups in total. The first-order chi connectivity index (χ1) is 10.3. The van der Waals surface area contributed by atoms with E-state index in [1.807, 2.05) is 35.2 Å². The summed E-state index contributed by atoms with van der Waals surface area (Å²) in [4.78, 5) is 2.05. The zero-order valence-corrected chi connectivity index (χ0v) is 11.9. The number of ether oxygens (including phenoxy) is 1. The molecule has 0 spiro atoms. The molecule has 110 valence electrons. The SMILES string of the molecule is NCCc1cccc(F)c1N1CCOc2ccccc2C1. The number of anilines is 1. The molecule has 0 bridgehead atoms. The predicted molar refractivity (Wildman–Crippen MR) is 82.1 cm³/mol. The van der Waals surface area contributed by atoms with Crippen molar-refractivity contribution >= 4 is 5.69 Å². The summed E-state index contributed by atoms with van der Waals surface area (Å²) in [6.45, 7) is 2.37. The van der Waals surface area contributed by atoms with E-state index in [0.29, 0.717) is 38.3 Å². The highest BCUT2D eigenvalue weighted by molar-refractivity contribution is 5.56. The van der Waals surface area contributed by atoms with Gasteiger partial charge in [0.1, 0.15) is 18.2 Å². The number of nitrogens with zero attached hydrogens (tertiary/aromatic N) is 1. The van der Waals surface area contributed by atoms with Crippen LogP contribution >= 0.6 is 0 Å². The first kappa shape index (κ1) is 13.9. The summed E-state index contributed by atoms with van der Waals surface area (Å²) in [6.07, 6.45) is 0.673. The molecule has 0 saturated carbocycles. The normalized spacial score (nSPS) is 14.3. The average molecular weight is 286 g/mol. The third kappa shape index (κ3) is 2.85. The molecule has 0 radical (unpaired) electrons. The maximum atomic E-state index is 14.3. The van der Waals surface area contributed by atoms with E-state index in [-0.39, 0.29) is 5.82 Å². The molecular formula is C17H19FN2O. The van der Waals surface area contributed by atoms with Gasteiger partial charge in [-0.25, -0.2) is 4.39 Å². The fraction of sp³-hybridized carbons (Fsp3) is 0.294. The highest BCUT2D eigenvalue weighted by atomic mass is 19.1. The number of hydrogen-bond acceptors (Lipinski definition) is 3. The molecule has 0 unspecified atom stereocenters. The van der Waals surface area contributed by atoms with Gasteiger partial charge in [-0.3, -0.25) is 0 Å². The van der Waals surface area contributed by atoms with Crippen molar-refractivity contribution in [3.05, 3.63) is 59.4 Å². The summed E-state index contributed by atoms with van der Waals surface area (Å²) in [5.74, 6) is 0.692. The Morgan fingerprint density at radius 2 is 2.00 bits per heavy atom. The molecule has 3 rings (SSSR count). The van der Waals surface area contributed by atoms with Crippen molar-refractivity contribution in [2.45, 2.75) is 13.0 Å². The van der Waals surface area contributed by atoms with Gasteiger partial charge >= 0.3 is 0 Å². The van der Waals surface area contributed by atoms with Crippen LogP contribution in [0.3, 0.4) is 0 Å². The lowest BCUT2D eigenvalue weighted by atomic mass is 10.1. The van der Waals surface area contributed by atoms with Crippen molar-refractivity contribution in [2.75, 3.05) is 24.6 Å². The van der Waals surface area contributed by atoms with E-state index >= 15 is 0 Å². The Kier molecular flexibility index (Phi) is 4.06. The number of fused-ring (bicyclic) bond motifs is 1. The quantitative estimate of drug-likeness (QED) is 0.943. The fourth-order valence-corrected chi connectivity index (χ4v) is 2.79. The topological polar surface area (TPSA) is 38.5 Å². The van der Waals surface area contributed by atoms with Crippen molar-refractivity contribution < 1.29 is 9.13 Å². The van der Waals surface area contributed by atoms with Gasteiger partial charge in [0.05, 0.1) is 12.2 Å². The molecule has 3 nitrogen and oxygen atoms in total. The van der Waals surface area contributed by atoms with Gasteiger partial charge in [0.15, 0.2) is 0 Å². The molecular weight excluding hydrogens is 267 g/mol. The van der Waals surface area contributed by atoms with Crippen molar-refractivity contribution in [2.24, 2.45) is 5.73 Å². The van der Waals surface area contributed by atoms with Gasteiger partial charge in [0, 0.05) is 12.1 Å². The van der Waals surface area contributed by atoms with Crippen molar-refractivity contribution in [1.82, 2.24) is 0 Å². The van der Waals surface area contributed by atoms with Gasteiger partial charge in [0.2, 0.25) is 0 Å². The molecule has 0 amide bonds. The second-order valence-electron chi connectivity index (χ2n) is 5.16. The monoisotopic (exact) mass is 286 g/mol. The summed E-state index contributed by atoms with van der Waals surface area (Å²) in [5, 5.41) is 0. The van der Waals surface area contributed by atoms with Gasteiger partial charge in [-0.2, -0.15) is 0 Å². The summed E-state index contributed by atoms with van der Waals surface area (Å²) in [7, 11) is 0. The molecule has 1 aliphatic heterocycles. The minimum Gasteiger partial charge on any atom is -0.491 e. The number of para-hydroxylation sites is 2. The Balaban J connectivity index is 1.97. The average Bonchev–Trinajstić information content (AvgIpc) is 2.70. The third-order valence-corrected chi connectivity index (χ3v) is 3.75. The summed E-state index contributed by atoms with van der Waals surface area (Å²) in [6, 6.07) is 13.1. The first-order valence-electron chi connectivity index (χ1n) is 7.22. The molecule has 0 fully saturated rings. The van der Waals surface area contributed by atoms with Crippen LogP contribution in [0.5, 0.6) is 5.75 Å². The number of hydrogen-bond donors (Lipinski definition) is 1. The number of halogens is 1. The van der Waals surface area contributed by atoms with Crippen LogP contribution in [-0.4, -0.2) is 19.7 Å². The van der Waals surface area contributed by atoms with Crippen LogP contribution in [0.4, 0.5) is 10.1 Å². The van der Waals surface area contributed by atoms with E-state index in [1.165, 1.54) is 6.07 Å². The van der Waals surface area contributed by atoms with E-state index in [9.17, 15) is 4.39 Å². The highest BCUT2D eigenvalue weighted by Crippen LogP contribution is 2.30. The van der Waals surface area contributed by atoms with Gasteiger partial charge in [-0.15, -0.1) is 0 Å². The molecule has 4 heteroatoms. The van der Waals surface area contributed by atoms with Crippen LogP contribution in [0, 0.1) is 5.82 Å². The lowest BCUT2D eigenvalue weighted by molar-refractivity contribution is 0.331. The maximum absolute atomic E-state index is 14.3. The summed E-state index contributed by atoms with van der Waals surface area (Å²) >= 11 is 0. The highest BCUT2D eigenvalue weighted by Gasteiger charge is 2.20. The van der Waals surface area contributed by atoms with E-state index < -0.39 is 0 Å². The Hall–Kier alpha value is -2.07. The fourth-order valence-electron chi connectivity index (χ4n) is 2.79. The van der Waals surface area contributed by atoms with Gasteiger partial charge < -0.3 is 15.4 Å². The number of rotatable bonds is 3. The lowest BCUT2D eigenvalue weighted by Crippen LogP contribution is -2.27. The Morgan fingerprint density at radius 1 is 1.14 bits per heavy atom. The molecule has 21 heavy (non-hydrogen) atoms. The van der Waals surface area contributed by atoms with Crippen LogP contribution in [0.15, 0.2) is 42.5 Å². The minimum atomic E-state index is -0.194. The summed E-state index contributed by atoms with van der Waals surface area (Å²) < 4.78 is 20.1. The molecule has 0 aliphatic carbocycles. The Bertz CT molecular complexity index is 630. The van der Waals surface area contributed by atoms with Gasteiger partial charge in [0.25, 0.3) is 0 Å². The Morgan fingerprint density at radius 3 is 2.86 bits per heavy atom. The van der Waals surface area contributed by atoms with Gasteiger partial charge in [-0.05, 0) is 30.7 Å². The van der Waals surface area contributed by atoms with Crippen molar-refractivity contribution in [3.63, 3.8) is 0 Å². The molecule has 1 heterocycles. The number of benzene rings is 2. The van der Waals surface area contributed by atoms with Crippen LogP contribution in [0.2, 0.25) is 0 Å². The van der Waals surface area contributed by atoms with E-state index in [2.05, 4.69) is 0 Å². The summed E-state index contributed by atoms with van der Waals surface area (Å²) in [5.41, 5.74) is 8.34. The molecule has 0 aromatic heterocycles. The Labute approximate surface area is 124 Å². The zero-order valence-electron chi connectivity index (χ0n) is 11.9. The first-order valence-corrected chi connectivity index (χ1v) is 7.22. The zero-order chi connectivity index (χ0) is 14.7. The molecule has 2 aromatic rings. The molecule has 1 aliphatic rings. The number of nitrogens with two attached hydrogens (primary N) is 1. The molecule has 2 aromatic carbocycles. The van der Waals surface area contributed by atoms with Crippen molar-refractivity contribution in [3.8, 4) is 5.75 Å². The maximum Gasteiger partial charge on any atom is 0.146 e. The largest absolute Gasteiger partial charge is 0.491 e. The van der Waals surface area contributed by atoms with Crippen LogP contribution in [-0.2, 0) is 13.0 Å². The van der Waals surface area contributed by atoms with E-state index in [1.54, 1.807) is 6.07 Å². The predicted octanol–water partition coefficient (Wildman–Crippen LogP) is 2.73. The third-order valence-electron chi connectivity index (χ3n) is 3.75. The van der Waals surface area contributed by atoms with Gasteiger partial charge in [-0.1, -0.05) is 30.3 Å². The minimum absolute atomic E-state index is 0.194. The van der Waals surface area contributed by atoms with Crippen molar-refractivity contribution in [1.29, 1.82) is 0 Å². The van der Waals surface area contributed by atoms with Crippen LogP contribution in [0.25, 0.3) is 0 Å². The second-order valence-corrected chi connectivity index (χ2v) is 5.16. The second kappa shape index (κ2) is 6.14. The lowest BCUT2D eigenvalue weighted by Gasteiger charge is -2.25. The molecule has 0 saturated heterocycles. The smallest absolute Gasteiger partial charge is 0.146 e. The van der Waals surface area contributed by atoms with E-state index in [4.69, 9.17) is 10.5 Å². The van der Waals surface area contributed by atoms with Crippen LogP contribution in [0.1, 0.15) is 11.1 Å². The molecule has 0 atom stereocenters.